The summed E-state index contributed by atoms with van der Waals surface area (Å²) in [6.07, 6.45) is 0.821. The lowest BCUT2D eigenvalue weighted by Gasteiger charge is -2.20. The molecule has 1 aromatic rings. The van der Waals surface area contributed by atoms with Crippen LogP contribution in [0.15, 0.2) is 33.9 Å². The Morgan fingerprint density at radius 2 is 2.32 bits per heavy atom. The molecular weight excluding hydrogens is 329 g/mol. The van der Waals surface area contributed by atoms with Gasteiger partial charge in [0, 0.05) is 11.3 Å². The first-order valence-corrected chi connectivity index (χ1v) is 8.12. The number of nitrogens with zero attached hydrogens (tertiary/aromatic N) is 1. The molecule has 0 saturated carbocycles. The molecule has 0 atom stereocenters. The first-order valence-electron chi connectivity index (χ1n) is 6.75. The maximum atomic E-state index is 13.1. The van der Waals surface area contributed by atoms with Crippen LogP contribution in [0.25, 0.3) is 0 Å². The Morgan fingerprint density at radius 3 is 2.95 bits per heavy atom. The summed E-state index contributed by atoms with van der Waals surface area (Å²) >= 11 is 7.37. The van der Waals surface area contributed by atoms with Crippen LogP contribution in [-0.4, -0.2) is 29.3 Å². The van der Waals surface area contributed by atoms with Crippen LogP contribution >= 0.6 is 23.4 Å². The van der Waals surface area contributed by atoms with Crippen LogP contribution in [0.5, 0.6) is 0 Å². The zero-order chi connectivity index (χ0) is 16.1. The summed E-state index contributed by atoms with van der Waals surface area (Å²) in [5, 5.41) is 9.60. The normalized spacial score (nSPS) is 14.6. The molecule has 0 bridgehead atoms. The highest BCUT2D eigenvalue weighted by molar-refractivity contribution is 8.02. The van der Waals surface area contributed by atoms with Crippen molar-refractivity contribution >= 4 is 35.2 Å². The predicted octanol–water partition coefficient (Wildman–Crippen LogP) is 4.09. The average Bonchev–Trinajstić information content (AvgIpc) is 2.47. The molecule has 0 unspecified atom stereocenters. The molecule has 0 saturated heterocycles. The molecule has 0 aliphatic carbocycles. The molecule has 4 nitrogen and oxygen atoms in total. The van der Waals surface area contributed by atoms with Gasteiger partial charge in [0.1, 0.15) is 5.82 Å². The molecule has 1 aliphatic heterocycles. The Labute approximate surface area is 137 Å². The summed E-state index contributed by atoms with van der Waals surface area (Å²) in [6.45, 7) is 2.46. The van der Waals surface area contributed by atoms with E-state index < -0.39 is 11.8 Å². The molecule has 1 aromatic carbocycles. The van der Waals surface area contributed by atoms with Crippen LogP contribution in [0.4, 0.5) is 4.39 Å². The minimum Gasteiger partial charge on any atom is -0.481 e. The monoisotopic (exact) mass is 343 g/mol. The second kappa shape index (κ2) is 7.65. The van der Waals surface area contributed by atoms with Crippen molar-refractivity contribution in [3.8, 4) is 0 Å². The standard InChI is InChI=1S/C15H15ClFNO3S/c1-2-9-8-18-14(11-4-3-10(17)7-12(11)16)21-15(9)22-6-5-13(19)20/h3-4,7H,2,5-6,8H2,1H3,(H,19,20). The van der Waals surface area contributed by atoms with Crippen LogP contribution in [0.1, 0.15) is 25.3 Å². The smallest absolute Gasteiger partial charge is 0.304 e. The molecule has 118 valence electrons. The number of carboxylic acids is 1. The number of thioether (sulfide) groups is 1. The maximum Gasteiger partial charge on any atom is 0.304 e. The summed E-state index contributed by atoms with van der Waals surface area (Å²) in [5.41, 5.74) is 1.53. The number of rotatable bonds is 6. The summed E-state index contributed by atoms with van der Waals surface area (Å²) in [5.74, 6) is -0.526. The molecular formula is C15H15ClFNO3S. The van der Waals surface area contributed by atoms with Crippen molar-refractivity contribution in [3.05, 3.63) is 45.3 Å². The molecule has 0 amide bonds. The van der Waals surface area contributed by atoms with E-state index in [9.17, 15) is 9.18 Å². The second-order valence-electron chi connectivity index (χ2n) is 4.58. The predicted molar refractivity (Wildman–Crippen MR) is 85.9 cm³/mol. The van der Waals surface area contributed by atoms with E-state index in [0.717, 1.165) is 12.0 Å². The third-order valence-electron chi connectivity index (χ3n) is 3.03. The highest BCUT2D eigenvalue weighted by Crippen LogP contribution is 2.30. The number of benzene rings is 1. The molecule has 0 spiro atoms. The van der Waals surface area contributed by atoms with E-state index in [-0.39, 0.29) is 11.4 Å². The fourth-order valence-corrected chi connectivity index (χ4v) is 3.11. The van der Waals surface area contributed by atoms with Crippen LogP contribution in [0.3, 0.4) is 0 Å². The Bertz CT molecular complexity index is 646. The minimum atomic E-state index is -0.850. The quantitative estimate of drug-likeness (QED) is 0.845. The van der Waals surface area contributed by atoms with Gasteiger partial charge in [-0.2, -0.15) is 0 Å². The van der Waals surface area contributed by atoms with E-state index in [1.807, 2.05) is 6.92 Å². The van der Waals surface area contributed by atoms with Crippen molar-refractivity contribution in [2.45, 2.75) is 19.8 Å². The largest absolute Gasteiger partial charge is 0.481 e. The highest BCUT2D eigenvalue weighted by Gasteiger charge is 2.20. The third kappa shape index (κ3) is 4.24. The SMILES string of the molecule is CCC1=C(SCCC(=O)O)OC(c2ccc(F)cc2Cl)=NC1. The van der Waals surface area contributed by atoms with Gasteiger partial charge < -0.3 is 9.84 Å². The van der Waals surface area contributed by atoms with E-state index in [2.05, 4.69) is 4.99 Å². The Hall–Kier alpha value is -1.53. The van der Waals surface area contributed by atoms with Gasteiger partial charge in [-0.05, 0) is 24.6 Å². The molecule has 0 aromatic heterocycles. The lowest BCUT2D eigenvalue weighted by Crippen LogP contribution is -2.15. The van der Waals surface area contributed by atoms with Gasteiger partial charge in [-0.15, -0.1) is 0 Å². The van der Waals surface area contributed by atoms with Gasteiger partial charge in [-0.1, -0.05) is 30.3 Å². The molecule has 1 heterocycles. The number of aliphatic carboxylic acids is 1. The summed E-state index contributed by atoms with van der Waals surface area (Å²) in [4.78, 5) is 14.9. The number of carbonyl (C=O) groups is 1. The van der Waals surface area contributed by atoms with Gasteiger partial charge in [0.15, 0.2) is 5.09 Å². The fraction of sp³-hybridized carbons (Fsp3) is 0.333. The maximum absolute atomic E-state index is 13.1. The van der Waals surface area contributed by atoms with Crippen LogP contribution in [0, 0.1) is 5.82 Å². The first kappa shape index (κ1) is 16.8. The number of ether oxygens (including phenoxy) is 1. The molecule has 0 fully saturated rings. The molecule has 7 heteroatoms. The minimum absolute atomic E-state index is 0.0539. The molecule has 1 aliphatic rings. The van der Waals surface area contributed by atoms with Gasteiger partial charge in [0.25, 0.3) is 0 Å². The van der Waals surface area contributed by atoms with Crippen LogP contribution in [-0.2, 0) is 9.53 Å². The Morgan fingerprint density at radius 1 is 1.55 bits per heavy atom. The molecule has 0 radical (unpaired) electrons. The van der Waals surface area contributed by atoms with E-state index in [1.165, 1.54) is 30.0 Å². The fourth-order valence-electron chi connectivity index (χ4n) is 1.85. The van der Waals surface area contributed by atoms with E-state index in [4.69, 9.17) is 21.4 Å². The van der Waals surface area contributed by atoms with E-state index in [0.29, 0.717) is 28.9 Å². The number of carboxylic acid groups (broad SMARTS) is 1. The summed E-state index contributed by atoms with van der Waals surface area (Å²) < 4.78 is 18.9. The summed E-state index contributed by atoms with van der Waals surface area (Å²) in [7, 11) is 0. The van der Waals surface area contributed by atoms with Crippen LogP contribution in [0.2, 0.25) is 5.02 Å². The molecule has 22 heavy (non-hydrogen) atoms. The first-order chi connectivity index (χ1) is 10.5. The lowest BCUT2D eigenvalue weighted by atomic mass is 10.2. The number of aliphatic imine (C=N–C) groups is 1. The lowest BCUT2D eigenvalue weighted by molar-refractivity contribution is -0.136. The zero-order valence-electron chi connectivity index (χ0n) is 11.9. The van der Waals surface area contributed by atoms with Crippen molar-refractivity contribution in [3.63, 3.8) is 0 Å². The van der Waals surface area contributed by atoms with Crippen molar-refractivity contribution in [2.24, 2.45) is 4.99 Å². The van der Waals surface area contributed by atoms with Gasteiger partial charge in [-0.3, -0.25) is 4.79 Å². The number of halogens is 2. The van der Waals surface area contributed by atoms with Crippen molar-refractivity contribution < 1.29 is 19.0 Å². The molecule has 1 N–H and O–H groups in total. The van der Waals surface area contributed by atoms with E-state index >= 15 is 0 Å². The zero-order valence-corrected chi connectivity index (χ0v) is 13.5. The number of hydrogen-bond donors (Lipinski definition) is 1. The Kier molecular flexibility index (Phi) is 5.85. The van der Waals surface area contributed by atoms with Gasteiger partial charge in [0.2, 0.25) is 5.90 Å². The van der Waals surface area contributed by atoms with Crippen molar-refractivity contribution in [1.82, 2.24) is 0 Å². The van der Waals surface area contributed by atoms with Crippen molar-refractivity contribution in [2.75, 3.05) is 12.3 Å². The molecule has 2 rings (SSSR count). The average molecular weight is 344 g/mol. The van der Waals surface area contributed by atoms with Gasteiger partial charge in [-0.25, -0.2) is 9.38 Å². The second-order valence-corrected chi connectivity index (χ2v) is 6.06. The highest BCUT2D eigenvalue weighted by atomic mass is 35.5. The van der Waals surface area contributed by atoms with Gasteiger partial charge in [0.05, 0.1) is 23.6 Å². The topological polar surface area (TPSA) is 58.9 Å². The third-order valence-corrected chi connectivity index (χ3v) is 4.38. The van der Waals surface area contributed by atoms with Gasteiger partial charge >= 0.3 is 5.97 Å². The summed E-state index contributed by atoms with van der Waals surface area (Å²) in [6, 6.07) is 4.02. The van der Waals surface area contributed by atoms with Crippen molar-refractivity contribution in [1.29, 1.82) is 0 Å². The van der Waals surface area contributed by atoms with E-state index in [1.54, 1.807) is 0 Å². The Balaban J connectivity index is 2.14. The number of hydrogen-bond acceptors (Lipinski definition) is 4. The van der Waals surface area contributed by atoms with Crippen LogP contribution < -0.4 is 0 Å².